The second kappa shape index (κ2) is 5.00. The number of nitrogens with two attached hydrogens (primary N) is 1. The number of hydrazine groups is 1. The summed E-state index contributed by atoms with van der Waals surface area (Å²) in [6.07, 6.45) is 2.11. The summed E-state index contributed by atoms with van der Waals surface area (Å²) in [6.45, 7) is 5.13. The lowest BCUT2D eigenvalue weighted by Gasteiger charge is -2.15. The lowest BCUT2D eigenvalue weighted by molar-refractivity contribution is 0.506. The molecule has 0 aliphatic heterocycles. The molecule has 4 heteroatoms. The molecule has 3 N–H and O–H groups in total. The summed E-state index contributed by atoms with van der Waals surface area (Å²) >= 11 is 0. The zero-order chi connectivity index (χ0) is 11.4. The maximum atomic E-state index is 13.4. The third kappa shape index (κ3) is 2.61. The molecule has 1 aromatic carbocycles. The van der Waals surface area contributed by atoms with E-state index in [2.05, 4.69) is 12.0 Å². The molecule has 0 radical (unpaired) electrons. The Balaban J connectivity index is 3.11. The largest absolute Gasteiger partial charge is 0.271 e. The number of halogens is 2. The van der Waals surface area contributed by atoms with Crippen molar-refractivity contribution in [2.24, 2.45) is 5.84 Å². The van der Waals surface area contributed by atoms with Crippen LogP contribution in [0.2, 0.25) is 0 Å². The van der Waals surface area contributed by atoms with Crippen LogP contribution in [-0.2, 0) is 0 Å². The first-order valence-electron chi connectivity index (χ1n) is 4.62. The second-order valence-corrected chi connectivity index (χ2v) is 3.37. The maximum absolute atomic E-state index is 13.4. The average Bonchev–Trinajstić information content (AvgIpc) is 2.20. The van der Waals surface area contributed by atoms with Crippen molar-refractivity contribution in [2.45, 2.75) is 19.4 Å². The molecule has 1 aromatic rings. The van der Waals surface area contributed by atoms with E-state index >= 15 is 0 Å². The first kappa shape index (κ1) is 11.8. The lowest BCUT2D eigenvalue weighted by atomic mass is 10.0. The fraction of sp³-hybridized carbons (Fsp3) is 0.273. The maximum Gasteiger partial charge on any atom is 0.130 e. The van der Waals surface area contributed by atoms with Crippen LogP contribution in [0, 0.1) is 18.6 Å². The molecule has 0 amide bonds. The summed E-state index contributed by atoms with van der Waals surface area (Å²) in [5.74, 6) is 4.14. The normalized spacial score (nSPS) is 12.5. The number of benzene rings is 1. The highest BCUT2D eigenvalue weighted by Gasteiger charge is 2.15. The van der Waals surface area contributed by atoms with Gasteiger partial charge in [0.25, 0.3) is 0 Å². The summed E-state index contributed by atoms with van der Waals surface area (Å²) in [5.41, 5.74) is 3.23. The highest BCUT2D eigenvalue weighted by atomic mass is 19.1. The molecule has 0 bridgehead atoms. The minimum absolute atomic E-state index is 0.358. The van der Waals surface area contributed by atoms with Crippen LogP contribution < -0.4 is 11.3 Å². The van der Waals surface area contributed by atoms with Gasteiger partial charge in [0.05, 0.1) is 6.04 Å². The lowest BCUT2D eigenvalue weighted by Crippen LogP contribution is -2.28. The van der Waals surface area contributed by atoms with Crippen LogP contribution in [0.1, 0.15) is 23.6 Å². The Morgan fingerprint density at radius 3 is 2.67 bits per heavy atom. The van der Waals surface area contributed by atoms with Gasteiger partial charge in [-0.3, -0.25) is 11.3 Å². The predicted octanol–water partition coefficient (Wildman–Crippen LogP) is 2.35. The Bertz CT molecular complexity index is 364. The zero-order valence-corrected chi connectivity index (χ0v) is 8.56. The van der Waals surface area contributed by atoms with Gasteiger partial charge in [0, 0.05) is 11.6 Å². The van der Waals surface area contributed by atoms with E-state index in [0.717, 1.165) is 6.07 Å². The van der Waals surface area contributed by atoms with Gasteiger partial charge in [-0.15, -0.1) is 6.58 Å². The molecule has 1 rings (SSSR count). The monoisotopic (exact) mass is 212 g/mol. The van der Waals surface area contributed by atoms with Gasteiger partial charge < -0.3 is 0 Å². The van der Waals surface area contributed by atoms with Crippen molar-refractivity contribution in [3.63, 3.8) is 0 Å². The van der Waals surface area contributed by atoms with Crippen LogP contribution >= 0.6 is 0 Å². The van der Waals surface area contributed by atoms with Gasteiger partial charge in [0.15, 0.2) is 0 Å². The van der Waals surface area contributed by atoms with Crippen molar-refractivity contribution in [3.8, 4) is 0 Å². The molecule has 82 valence electrons. The quantitative estimate of drug-likeness (QED) is 0.457. The molecule has 1 atom stereocenters. The van der Waals surface area contributed by atoms with E-state index < -0.39 is 11.6 Å². The van der Waals surface area contributed by atoms with Crippen LogP contribution in [0.5, 0.6) is 0 Å². The van der Waals surface area contributed by atoms with E-state index in [9.17, 15) is 8.78 Å². The Hall–Kier alpha value is -1.26. The Labute approximate surface area is 87.8 Å². The summed E-state index contributed by atoms with van der Waals surface area (Å²) in [7, 11) is 0. The summed E-state index contributed by atoms with van der Waals surface area (Å²) in [5, 5.41) is 0. The zero-order valence-electron chi connectivity index (χ0n) is 8.56. The van der Waals surface area contributed by atoms with Crippen molar-refractivity contribution >= 4 is 0 Å². The van der Waals surface area contributed by atoms with Crippen LogP contribution in [0.25, 0.3) is 0 Å². The van der Waals surface area contributed by atoms with E-state index in [4.69, 9.17) is 5.84 Å². The third-order valence-electron chi connectivity index (χ3n) is 2.26. The summed E-state index contributed by atoms with van der Waals surface area (Å²) in [4.78, 5) is 0. The standard InChI is InChI=1S/C11H14F2N2/c1-3-4-11(15-14)8-5-7(2)9(12)6-10(8)13/h3,5-6,11,15H,1,4,14H2,2H3. The molecule has 15 heavy (non-hydrogen) atoms. The number of rotatable bonds is 4. The first-order chi connectivity index (χ1) is 7.10. The van der Waals surface area contributed by atoms with Gasteiger partial charge in [-0.05, 0) is 25.0 Å². The fourth-order valence-electron chi connectivity index (χ4n) is 1.40. The van der Waals surface area contributed by atoms with E-state index in [-0.39, 0.29) is 6.04 Å². The molecule has 0 fully saturated rings. The summed E-state index contributed by atoms with van der Waals surface area (Å²) < 4.78 is 26.4. The number of nitrogens with one attached hydrogen (secondary N) is 1. The molecule has 0 aromatic heterocycles. The number of aryl methyl sites for hydroxylation is 1. The predicted molar refractivity (Wildman–Crippen MR) is 56.0 cm³/mol. The molecular formula is C11H14F2N2. The average molecular weight is 212 g/mol. The topological polar surface area (TPSA) is 38.0 Å². The molecule has 0 heterocycles. The SMILES string of the molecule is C=CCC(NN)c1cc(C)c(F)cc1F. The van der Waals surface area contributed by atoms with Crippen LogP contribution in [0.4, 0.5) is 8.78 Å². The van der Waals surface area contributed by atoms with Crippen LogP contribution in [0.3, 0.4) is 0 Å². The highest BCUT2D eigenvalue weighted by molar-refractivity contribution is 5.28. The minimum Gasteiger partial charge on any atom is -0.271 e. The van der Waals surface area contributed by atoms with Crippen molar-refractivity contribution in [2.75, 3.05) is 0 Å². The highest BCUT2D eigenvalue weighted by Crippen LogP contribution is 2.22. The number of hydrogen-bond donors (Lipinski definition) is 2. The molecule has 0 saturated heterocycles. The van der Waals surface area contributed by atoms with Gasteiger partial charge >= 0.3 is 0 Å². The molecule has 0 spiro atoms. The number of hydrogen-bond acceptors (Lipinski definition) is 2. The molecular weight excluding hydrogens is 198 g/mol. The molecule has 1 unspecified atom stereocenters. The van der Waals surface area contributed by atoms with Crippen molar-refractivity contribution in [3.05, 3.63) is 47.5 Å². The van der Waals surface area contributed by atoms with Gasteiger partial charge in [0.2, 0.25) is 0 Å². The Morgan fingerprint density at radius 2 is 2.13 bits per heavy atom. The smallest absolute Gasteiger partial charge is 0.130 e. The summed E-state index contributed by atoms with van der Waals surface area (Å²) in [6, 6.07) is 1.96. The van der Waals surface area contributed by atoms with Crippen molar-refractivity contribution in [1.82, 2.24) is 5.43 Å². The molecule has 2 nitrogen and oxygen atoms in total. The fourth-order valence-corrected chi connectivity index (χ4v) is 1.40. The van der Waals surface area contributed by atoms with Crippen molar-refractivity contribution < 1.29 is 8.78 Å². The van der Waals surface area contributed by atoms with Gasteiger partial charge in [-0.1, -0.05) is 6.08 Å². The van der Waals surface area contributed by atoms with Gasteiger partial charge in [-0.25, -0.2) is 8.78 Å². The Morgan fingerprint density at radius 1 is 1.47 bits per heavy atom. The third-order valence-corrected chi connectivity index (χ3v) is 2.26. The van der Waals surface area contributed by atoms with Crippen molar-refractivity contribution in [1.29, 1.82) is 0 Å². The molecule has 0 aliphatic rings. The minimum atomic E-state index is -0.595. The first-order valence-corrected chi connectivity index (χ1v) is 4.62. The second-order valence-electron chi connectivity index (χ2n) is 3.37. The van der Waals surface area contributed by atoms with E-state index in [1.54, 1.807) is 13.0 Å². The van der Waals surface area contributed by atoms with Gasteiger partial charge in [0.1, 0.15) is 11.6 Å². The van der Waals surface area contributed by atoms with E-state index in [1.165, 1.54) is 6.07 Å². The van der Waals surface area contributed by atoms with E-state index in [0.29, 0.717) is 17.5 Å². The molecule has 0 saturated carbocycles. The van der Waals surface area contributed by atoms with Gasteiger partial charge in [-0.2, -0.15) is 0 Å². The molecule has 0 aliphatic carbocycles. The van der Waals surface area contributed by atoms with E-state index in [1.807, 2.05) is 0 Å². The van der Waals surface area contributed by atoms with Crippen LogP contribution in [-0.4, -0.2) is 0 Å². The van der Waals surface area contributed by atoms with Crippen LogP contribution in [0.15, 0.2) is 24.8 Å². The Kier molecular flexibility index (Phi) is 3.94.